The molecule has 0 bridgehead atoms. The number of aromatic nitrogens is 1. The zero-order valence-corrected chi connectivity index (χ0v) is 14.7. The van der Waals surface area contributed by atoms with Crippen molar-refractivity contribution in [2.45, 2.75) is 10.9 Å². The van der Waals surface area contributed by atoms with Crippen LogP contribution in [0.1, 0.15) is 11.6 Å². The predicted octanol–water partition coefficient (Wildman–Crippen LogP) is 1.75. The second kappa shape index (κ2) is 7.87. The highest BCUT2D eigenvalue weighted by atomic mass is 35.5. The molecule has 1 aliphatic heterocycles. The molecule has 1 unspecified atom stereocenters. The van der Waals surface area contributed by atoms with Gasteiger partial charge in [-0.1, -0.05) is 18.2 Å². The van der Waals surface area contributed by atoms with Crippen LogP contribution in [0.2, 0.25) is 0 Å². The monoisotopic (exact) mass is 384 g/mol. The number of halogens is 1. The minimum atomic E-state index is -4.01. The number of benzene rings is 1. The summed E-state index contributed by atoms with van der Waals surface area (Å²) in [4.78, 5) is 14.3. The topological polar surface area (TPSA) is 105 Å². The van der Waals surface area contributed by atoms with Gasteiger partial charge < -0.3 is 5.32 Å². The van der Waals surface area contributed by atoms with Gasteiger partial charge in [0.15, 0.2) is 4.90 Å². The van der Waals surface area contributed by atoms with E-state index >= 15 is 0 Å². The molecule has 3 rings (SSSR count). The Morgan fingerprint density at radius 1 is 1.24 bits per heavy atom. The van der Waals surface area contributed by atoms with Gasteiger partial charge in [-0.25, -0.2) is 8.42 Å². The molecule has 1 atom stereocenters. The van der Waals surface area contributed by atoms with E-state index in [9.17, 15) is 18.5 Å². The standard InChI is InChI=1S/C15H16N4O4S.ClH/c20-19(21)13-5-1-2-6-15(13)24(22,23)18-9-8-17-11-14(18)12-4-3-7-16-10-12;/h1-7,10,14,17H,8-9,11H2;1H. The molecule has 25 heavy (non-hydrogen) atoms. The van der Waals surface area contributed by atoms with Crippen molar-refractivity contribution in [1.29, 1.82) is 0 Å². The summed E-state index contributed by atoms with van der Waals surface area (Å²) in [5.41, 5.74) is 0.327. The van der Waals surface area contributed by atoms with Crippen LogP contribution in [-0.2, 0) is 10.0 Å². The van der Waals surface area contributed by atoms with E-state index in [1.807, 2.05) is 0 Å². The van der Waals surface area contributed by atoms with E-state index in [1.54, 1.807) is 24.5 Å². The average Bonchev–Trinajstić information content (AvgIpc) is 2.62. The lowest BCUT2D eigenvalue weighted by Gasteiger charge is -2.35. The quantitative estimate of drug-likeness (QED) is 0.635. The summed E-state index contributed by atoms with van der Waals surface area (Å²) in [6.45, 7) is 1.14. The van der Waals surface area contributed by atoms with E-state index in [4.69, 9.17) is 0 Å². The van der Waals surface area contributed by atoms with Gasteiger partial charge in [0.2, 0.25) is 0 Å². The van der Waals surface area contributed by atoms with Crippen LogP contribution in [0.25, 0.3) is 0 Å². The first-order chi connectivity index (χ1) is 11.5. The van der Waals surface area contributed by atoms with Crippen molar-refractivity contribution in [3.05, 3.63) is 64.5 Å². The lowest BCUT2D eigenvalue weighted by atomic mass is 10.1. The van der Waals surface area contributed by atoms with Crippen molar-refractivity contribution in [3.63, 3.8) is 0 Å². The number of rotatable bonds is 4. The molecule has 1 fully saturated rings. The van der Waals surface area contributed by atoms with Gasteiger partial charge in [-0.05, 0) is 17.7 Å². The fraction of sp³-hybridized carbons (Fsp3) is 0.267. The Balaban J connectivity index is 0.00000225. The van der Waals surface area contributed by atoms with Crippen molar-refractivity contribution < 1.29 is 13.3 Å². The van der Waals surface area contributed by atoms with Gasteiger partial charge >= 0.3 is 0 Å². The lowest BCUT2D eigenvalue weighted by Crippen LogP contribution is -2.48. The molecule has 0 spiro atoms. The number of sulfonamides is 1. The molecule has 1 aliphatic rings. The zero-order valence-electron chi connectivity index (χ0n) is 13.1. The maximum absolute atomic E-state index is 13.1. The number of nitrogens with zero attached hydrogens (tertiary/aromatic N) is 3. The Morgan fingerprint density at radius 2 is 2.00 bits per heavy atom. The van der Waals surface area contributed by atoms with Crippen molar-refractivity contribution in [1.82, 2.24) is 14.6 Å². The van der Waals surface area contributed by atoms with Crippen molar-refractivity contribution >= 4 is 28.1 Å². The maximum atomic E-state index is 13.1. The molecule has 2 heterocycles. The number of nitro benzene ring substituents is 1. The van der Waals surface area contributed by atoms with Crippen LogP contribution in [0.3, 0.4) is 0 Å². The van der Waals surface area contributed by atoms with Crippen LogP contribution in [0.5, 0.6) is 0 Å². The number of para-hydroxylation sites is 1. The Morgan fingerprint density at radius 3 is 2.68 bits per heavy atom. The largest absolute Gasteiger partial charge is 0.313 e. The highest BCUT2D eigenvalue weighted by Gasteiger charge is 2.37. The second-order valence-electron chi connectivity index (χ2n) is 5.35. The van der Waals surface area contributed by atoms with E-state index in [1.165, 1.54) is 28.6 Å². The van der Waals surface area contributed by atoms with Gasteiger partial charge in [-0.15, -0.1) is 12.4 Å². The first kappa shape index (κ1) is 19.3. The normalized spacial score (nSPS) is 18.3. The Bertz CT molecular complexity index is 848. The predicted molar refractivity (Wildman–Crippen MR) is 94.1 cm³/mol. The zero-order chi connectivity index (χ0) is 17.2. The molecule has 10 heteroatoms. The molecule has 0 saturated carbocycles. The minimum absolute atomic E-state index is 0. The van der Waals surface area contributed by atoms with Crippen LogP contribution in [0.4, 0.5) is 5.69 Å². The van der Waals surface area contributed by atoms with E-state index in [0.29, 0.717) is 13.1 Å². The SMILES string of the molecule is Cl.O=[N+]([O-])c1ccccc1S(=O)(=O)N1CCNCC1c1cccnc1. The lowest BCUT2D eigenvalue weighted by molar-refractivity contribution is -0.387. The molecule has 134 valence electrons. The molecule has 0 aliphatic carbocycles. The number of piperazine rings is 1. The first-order valence-corrected chi connectivity index (χ1v) is 8.82. The van der Waals surface area contributed by atoms with Gasteiger partial charge in [0.05, 0.1) is 11.0 Å². The Kier molecular flexibility index (Phi) is 6.07. The molecule has 1 saturated heterocycles. The summed E-state index contributed by atoms with van der Waals surface area (Å²) in [6, 6.07) is 8.49. The Labute approximate surface area is 151 Å². The minimum Gasteiger partial charge on any atom is -0.313 e. The molecule has 0 radical (unpaired) electrons. The summed E-state index contributed by atoms with van der Waals surface area (Å²) in [7, 11) is -4.01. The van der Waals surface area contributed by atoms with Gasteiger partial charge in [0.25, 0.3) is 15.7 Å². The molecule has 1 aromatic carbocycles. The van der Waals surface area contributed by atoms with Crippen LogP contribution < -0.4 is 5.32 Å². The van der Waals surface area contributed by atoms with Crippen LogP contribution >= 0.6 is 12.4 Å². The Hall–Kier alpha value is -2.07. The molecule has 2 aromatic rings. The number of nitrogens with one attached hydrogen (secondary N) is 1. The molecule has 0 amide bonds. The summed E-state index contributed by atoms with van der Waals surface area (Å²) in [5, 5.41) is 14.4. The third-order valence-electron chi connectivity index (χ3n) is 3.91. The maximum Gasteiger partial charge on any atom is 0.289 e. The fourth-order valence-electron chi connectivity index (χ4n) is 2.78. The average molecular weight is 385 g/mol. The van der Waals surface area contributed by atoms with Gasteiger partial charge in [0, 0.05) is 38.1 Å². The smallest absolute Gasteiger partial charge is 0.289 e. The van der Waals surface area contributed by atoms with Crippen molar-refractivity contribution in [3.8, 4) is 0 Å². The first-order valence-electron chi connectivity index (χ1n) is 7.38. The highest BCUT2D eigenvalue weighted by Crippen LogP contribution is 2.32. The number of hydrogen-bond donors (Lipinski definition) is 1. The number of nitro groups is 1. The van der Waals surface area contributed by atoms with E-state index < -0.39 is 26.7 Å². The molecule has 1 N–H and O–H groups in total. The van der Waals surface area contributed by atoms with Crippen LogP contribution in [0, 0.1) is 10.1 Å². The summed E-state index contributed by atoms with van der Waals surface area (Å²) in [6.07, 6.45) is 3.22. The molecule has 1 aromatic heterocycles. The van der Waals surface area contributed by atoms with Crippen molar-refractivity contribution in [2.75, 3.05) is 19.6 Å². The molecular weight excluding hydrogens is 368 g/mol. The van der Waals surface area contributed by atoms with Gasteiger partial charge in [-0.3, -0.25) is 15.1 Å². The molecule has 8 nitrogen and oxygen atoms in total. The summed E-state index contributed by atoms with van der Waals surface area (Å²) in [5.74, 6) is 0. The summed E-state index contributed by atoms with van der Waals surface area (Å²) < 4.78 is 27.4. The van der Waals surface area contributed by atoms with Gasteiger partial charge in [0.1, 0.15) is 0 Å². The number of hydrogen-bond acceptors (Lipinski definition) is 6. The van der Waals surface area contributed by atoms with Crippen LogP contribution in [0.15, 0.2) is 53.7 Å². The number of pyridine rings is 1. The van der Waals surface area contributed by atoms with Crippen molar-refractivity contribution in [2.24, 2.45) is 0 Å². The highest BCUT2D eigenvalue weighted by molar-refractivity contribution is 7.89. The third kappa shape index (κ3) is 3.79. The van der Waals surface area contributed by atoms with E-state index in [2.05, 4.69) is 10.3 Å². The second-order valence-corrected chi connectivity index (χ2v) is 7.21. The van der Waals surface area contributed by atoms with E-state index in [0.717, 1.165) is 5.56 Å². The third-order valence-corrected chi connectivity index (χ3v) is 5.87. The van der Waals surface area contributed by atoms with Gasteiger partial charge in [-0.2, -0.15) is 4.31 Å². The summed E-state index contributed by atoms with van der Waals surface area (Å²) >= 11 is 0. The fourth-order valence-corrected chi connectivity index (χ4v) is 4.56. The van der Waals surface area contributed by atoms with E-state index in [-0.39, 0.29) is 23.8 Å². The van der Waals surface area contributed by atoms with Crippen LogP contribution in [-0.4, -0.2) is 42.3 Å². The molecular formula is C15H17ClN4O4S.